The van der Waals surface area contributed by atoms with Crippen LogP contribution >= 0.6 is 24.0 Å². The van der Waals surface area contributed by atoms with Crippen LogP contribution in [0.4, 0.5) is 0 Å². The first kappa shape index (κ1) is 20.0. The van der Waals surface area contributed by atoms with Crippen molar-refractivity contribution in [3.05, 3.63) is 53.0 Å². The summed E-state index contributed by atoms with van der Waals surface area (Å²) < 4.78 is 0.167. The van der Waals surface area contributed by atoms with Crippen LogP contribution in [-0.2, 0) is 19.2 Å². The van der Waals surface area contributed by atoms with Gasteiger partial charge in [-0.05, 0) is 18.6 Å². The van der Waals surface area contributed by atoms with Crippen molar-refractivity contribution < 1.29 is 24.3 Å². The minimum Gasteiger partial charge on any atom is -0.480 e. The topological polar surface area (TPSA) is 95.0 Å². The maximum Gasteiger partial charge on any atom is 0.326 e. The number of thiocarbonyl (C=S) groups is 1. The van der Waals surface area contributed by atoms with Crippen molar-refractivity contribution in [3.8, 4) is 0 Å². The van der Waals surface area contributed by atoms with Gasteiger partial charge in [0.2, 0.25) is 5.91 Å². The molecule has 144 valence electrons. The highest BCUT2D eigenvalue weighted by Gasteiger charge is 2.50. The maximum atomic E-state index is 12.7. The zero-order valence-electron chi connectivity index (χ0n) is 14.8. The molecule has 1 aromatic rings. The highest BCUT2D eigenvalue weighted by molar-refractivity contribution is 8.26. The summed E-state index contributed by atoms with van der Waals surface area (Å²) in [5.74, 6) is -3.12. The van der Waals surface area contributed by atoms with Crippen molar-refractivity contribution in [1.82, 2.24) is 9.80 Å². The van der Waals surface area contributed by atoms with Gasteiger partial charge in [0.15, 0.2) is 0 Å². The third-order valence-electron chi connectivity index (χ3n) is 4.37. The molecule has 2 atom stereocenters. The largest absolute Gasteiger partial charge is 0.480 e. The van der Waals surface area contributed by atoms with Crippen molar-refractivity contribution in [2.75, 3.05) is 0 Å². The summed E-state index contributed by atoms with van der Waals surface area (Å²) in [6.07, 6.45) is 4.86. The maximum absolute atomic E-state index is 12.7. The predicted molar refractivity (Wildman–Crippen MR) is 108 cm³/mol. The minimum atomic E-state index is -1.30. The van der Waals surface area contributed by atoms with Crippen LogP contribution in [0.25, 0.3) is 6.08 Å². The molecule has 1 N–H and O–H groups in total. The molecule has 0 radical (unpaired) electrons. The molecule has 2 aliphatic heterocycles. The molecule has 3 amide bonds. The van der Waals surface area contributed by atoms with E-state index in [-0.39, 0.29) is 10.7 Å². The van der Waals surface area contributed by atoms with Gasteiger partial charge in [-0.1, -0.05) is 66.5 Å². The van der Waals surface area contributed by atoms with Gasteiger partial charge in [-0.3, -0.25) is 24.2 Å². The van der Waals surface area contributed by atoms with E-state index in [1.54, 1.807) is 12.2 Å². The number of amides is 3. The fourth-order valence-electron chi connectivity index (χ4n) is 2.93. The lowest BCUT2D eigenvalue weighted by Crippen LogP contribution is -2.48. The fourth-order valence-corrected chi connectivity index (χ4v) is 4.24. The van der Waals surface area contributed by atoms with Crippen LogP contribution in [0.1, 0.15) is 18.9 Å². The van der Waals surface area contributed by atoms with E-state index in [1.165, 1.54) is 6.92 Å². The Balaban J connectivity index is 1.78. The molecule has 0 saturated carbocycles. The third-order valence-corrected chi connectivity index (χ3v) is 5.72. The monoisotopic (exact) mass is 416 g/mol. The van der Waals surface area contributed by atoms with E-state index in [2.05, 4.69) is 0 Å². The van der Waals surface area contributed by atoms with Crippen molar-refractivity contribution >= 4 is 58.1 Å². The summed E-state index contributed by atoms with van der Waals surface area (Å²) in [5, 5.41) is 9.09. The second-order valence-electron chi connectivity index (χ2n) is 6.18. The number of thioether (sulfide) groups is 1. The molecule has 7 nitrogen and oxygen atoms in total. The van der Waals surface area contributed by atoms with E-state index in [9.17, 15) is 19.2 Å². The fraction of sp³-hybridized carbons (Fsp3) is 0.211. The van der Waals surface area contributed by atoms with Gasteiger partial charge in [-0.25, -0.2) is 4.79 Å². The Bertz CT molecular complexity index is 926. The van der Waals surface area contributed by atoms with Crippen LogP contribution in [0.3, 0.4) is 0 Å². The van der Waals surface area contributed by atoms with Gasteiger partial charge in [0.25, 0.3) is 11.8 Å². The van der Waals surface area contributed by atoms with Gasteiger partial charge in [0.1, 0.15) is 16.4 Å². The number of allylic oxidation sites excluding steroid dienone is 2. The van der Waals surface area contributed by atoms with E-state index >= 15 is 0 Å². The smallest absolute Gasteiger partial charge is 0.326 e. The third kappa shape index (κ3) is 3.76. The summed E-state index contributed by atoms with van der Waals surface area (Å²) >= 11 is 6.27. The normalized spacial score (nSPS) is 22.8. The average Bonchev–Trinajstić information content (AvgIpc) is 3.10. The lowest BCUT2D eigenvalue weighted by molar-refractivity contribution is -0.154. The minimum absolute atomic E-state index is 0.167. The lowest BCUT2D eigenvalue weighted by atomic mass is 10.2. The molecule has 2 heterocycles. The second-order valence-corrected chi connectivity index (χ2v) is 7.86. The van der Waals surface area contributed by atoms with Gasteiger partial charge >= 0.3 is 5.97 Å². The molecule has 3 rings (SSSR count). The van der Waals surface area contributed by atoms with Crippen LogP contribution in [0.15, 0.2) is 47.4 Å². The molecule has 2 aliphatic rings. The number of likely N-dealkylation sites (tertiary alicyclic amines) is 1. The number of imide groups is 1. The number of hydrogen-bond acceptors (Lipinski definition) is 6. The summed E-state index contributed by atoms with van der Waals surface area (Å²) in [4.78, 5) is 50.7. The highest BCUT2D eigenvalue weighted by atomic mass is 32.2. The molecule has 1 aromatic carbocycles. The van der Waals surface area contributed by atoms with Crippen molar-refractivity contribution in [3.63, 3.8) is 0 Å². The van der Waals surface area contributed by atoms with E-state index in [4.69, 9.17) is 17.3 Å². The van der Waals surface area contributed by atoms with E-state index in [0.717, 1.165) is 22.2 Å². The first-order valence-corrected chi connectivity index (χ1v) is 9.61. The molecule has 9 heteroatoms. The molecule has 0 bridgehead atoms. The van der Waals surface area contributed by atoms with Crippen LogP contribution in [-0.4, -0.2) is 55.0 Å². The second kappa shape index (κ2) is 8.07. The summed E-state index contributed by atoms with van der Waals surface area (Å²) in [7, 11) is 0. The molecule has 2 fully saturated rings. The number of benzene rings is 1. The molecule has 0 aromatic heterocycles. The zero-order valence-corrected chi connectivity index (χ0v) is 16.4. The number of nitrogens with zero attached hydrogens (tertiary/aromatic N) is 2. The van der Waals surface area contributed by atoms with Crippen LogP contribution in [0, 0.1) is 0 Å². The van der Waals surface area contributed by atoms with Gasteiger partial charge in [-0.15, -0.1) is 0 Å². The standard InChI is InChI=1S/C19H16N2O5S2/c1-11(18(25)26)20-15(22)10-13(16(20)23)21-17(24)14(28-19(21)27)9-5-8-12-6-3-2-4-7-12/h2-9,11,13H,10H2,1H3,(H,25,26). The number of carboxylic acid groups (broad SMARTS) is 1. The zero-order chi connectivity index (χ0) is 20.4. The lowest BCUT2D eigenvalue weighted by Gasteiger charge is -2.23. The Labute approximate surface area is 170 Å². The molecule has 28 heavy (non-hydrogen) atoms. The molecule has 2 unspecified atom stereocenters. The number of hydrogen-bond donors (Lipinski definition) is 1. The molecular weight excluding hydrogens is 400 g/mol. The van der Waals surface area contributed by atoms with Crippen LogP contribution in [0.5, 0.6) is 0 Å². The molecular formula is C19H16N2O5S2. The van der Waals surface area contributed by atoms with Gasteiger partial charge < -0.3 is 5.11 Å². The number of carboxylic acids is 1. The van der Waals surface area contributed by atoms with E-state index in [1.807, 2.05) is 36.4 Å². The van der Waals surface area contributed by atoms with Crippen LogP contribution in [0.2, 0.25) is 0 Å². The van der Waals surface area contributed by atoms with Crippen molar-refractivity contribution in [2.45, 2.75) is 25.4 Å². The Morgan fingerprint density at radius 1 is 1.29 bits per heavy atom. The van der Waals surface area contributed by atoms with Gasteiger partial charge in [0, 0.05) is 0 Å². The number of rotatable bonds is 5. The van der Waals surface area contributed by atoms with Crippen molar-refractivity contribution in [2.24, 2.45) is 0 Å². The number of aliphatic carboxylic acids is 1. The summed E-state index contributed by atoms with van der Waals surface area (Å²) in [6.45, 7) is 1.25. The first-order valence-electron chi connectivity index (χ1n) is 8.38. The molecule has 2 saturated heterocycles. The Hall–Kier alpha value is -2.78. The molecule has 0 spiro atoms. The average molecular weight is 416 g/mol. The first-order chi connectivity index (χ1) is 13.3. The van der Waals surface area contributed by atoms with Gasteiger partial charge in [0.05, 0.1) is 11.3 Å². The SMILES string of the molecule is CC(C(=O)O)N1C(=O)CC(N2C(=O)C(=CC=Cc3ccccc3)SC2=S)C1=O. The molecule has 0 aliphatic carbocycles. The predicted octanol–water partition coefficient (Wildman–Crippen LogP) is 2.04. The quantitative estimate of drug-likeness (QED) is 0.446. The number of carbonyl (C=O) groups excluding carboxylic acids is 3. The number of carbonyl (C=O) groups is 4. The summed E-state index contributed by atoms with van der Waals surface area (Å²) in [5.41, 5.74) is 0.962. The summed E-state index contributed by atoms with van der Waals surface area (Å²) in [6, 6.07) is 7.11. The Morgan fingerprint density at radius 2 is 1.96 bits per heavy atom. The highest BCUT2D eigenvalue weighted by Crippen LogP contribution is 2.35. The van der Waals surface area contributed by atoms with Crippen molar-refractivity contribution in [1.29, 1.82) is 0 Å². The Kier molecular flexibility index (Phi) is 5.76. The van der Waals surface area contributed by atoms with Gasteiger partial charge in [-0.2, -0.15) is 0 Å². The van der Waals surface area contributed by atoms with E-state index in [0.29, 0.717) is 9.81 Å². The Morgan fingerprint density at radius 3 is 2.61 bits per heavy atom. The van der Waals surface area contributed by atoms with Crippen LogP contribution < -0.4 is 0 Å². The van der Waals surface area contributed by atoms with E-state index < -0.39 is 35.8 Å².